The number of carbonyl (C=O) groups excluding carboxylic acids is 1. The SMILES string of the molecule is O=C(NCCO)C1CCCN(S(=O)(=O)c2ccc(Cl)cc2)C1. The van der Waals surface area contributed by atoms with Crippen LogP contribution in [-0.4, -0.2) is 50.0 Å². The monoisotopic (exact) mass is 346 g/mol. The van der Waals surface area contributed by atoms with Gasteiger partial charge in [0, 0.05) is 24.7 Å². The highest BCUT2D eigenvalue weighted by atomic mass is 35.5. The molecule has 0 radical (unpaired) electrons. The van der Waals surface area contributed by atoms with Crippen LogP contribution >= 0.6 is 11.6 Å². The minimum Gasteiger partial charge on any atom is -0.395 e. The first kappa shape index (κ1) is 17.2. The molecule has 1 saturated heterocycles. The molecule has 1 fully saturated rings. The molecule has 1 aromatic rings. The summed E-state index contributed by atoms with van der Waals surface area (Å²) >= 11 is 5.78. The van der Waals surface area contributed by atoms with Gasteiger partial charge in [-0.3, -0.25) is 4.79 Å². The van der Waals surface area contributed by atoms with Crippen molar-refractivity contribution in [1.29, 1.82) is 0 Å². The van der Waals surface area contributed by atoms with Crippen molar-refractivity contribution in [2.24, 2.45) is 5.92 Å². The molecule has 0 bridgehead atoms. The van der Waals surface area contributed by atoms with E-state index in [9.17, 15) is 13.2 Å². The first-order chi connectivity index (χ1) is 10.4. The van der Waals surface area contributed by atoms with Crippen molar-refractivity contribution in [2.75, 3.05) is 26.2 Å². The van der Waals surface area contributed by atoms with Crippen LogP contribution in [0.5, 0.6) is 0 Å². The number of nitrogens with one attached hydrogen (secondary N) is 1. The first-order valence-corrected chi connectivity index (χ1v) is 8.91. The zero-order valence-electron chi connectivity index (χ0n) is 12.0. The van der Waals surface area contributed by atoms with Crippen LogP contribution in [-0.2, 0) is 14.8 Å². The second kappa shape index (κ2) is 7.41. The Hall–Kier alpha value is -1.15. The molecule has 1 aliphatic rings. The van der Waals surface area contributed by atoms with Crippen molar-refractivity contribution in [1.82, 2.24) is 9.62 Å². The smallest absolute Gasteiger partial charge is 0.243 e. The molecule has 0 spiro atoms. The Morgan fingerprint density at radius 3 is 2.68 bits per heavy atom. The lowest BCUT2D eigenvalue weighted by molar-refractivity contribution is -0.126. The number of aliphatic hydroxyl groups is 1. The summed E-state index contributed by atoms with van der Waals surface area (Å²) in [4.78, 5) is 12.1. The molecule has 1 amide bonds. The van der Waals surface area contributed by atoms with Gasteiger partial charge in [0.05, 0.1) is 17.4 Å². The highest BCUT2D eigenvalue weighted by molar-refractivity contribution is 7.89. The summed E-state index contributed by atoms with van der Waals surface area (Å²) in [6.07, 6.45) is 1.27. The lowest BCUT2D eigenvalue weighted by Crippen LogP contribution is -2.45. The van der Waals surface area contributed by atoms with Gasteiger partial charge < -0.3 is 10.4 Å². The van der Waals surface area contributed by atoms with E-state index in [1.54, 1.807) is 0 Å². The minimum absolute atomic E-state index is 0.134. The zero-order chi connectivity index (χ0) is 16.2. The van der Waals surface area contributed by atoms with Crippen LogP contribution in [0.4, 0.5) is 0 Å². The summed E-state index contributed by atoms with van der Waals surface area (Å²) in [5.41, 5.74) is 0. The maximum Gasteiger partial charge on any atom is 0.243 e. The van der Waals surface area contributed by atoms with E-state index in [2.05, 4.69) is 5.32 Å². The Labute approximate surface area is 135 Å². The quantitative estimate of drug-likeness (QED) is 0.827. The molecule has 2 rings (SSSR count). The van der Waals surface area contributed by atoms with Gasteiger partial charge in [-0.15, -0.1) is 0 Å². The third-order valence-corrected chi connectivity index (χ3v) is 5.75. The number of carbonyl (C=O) groups is 1. The maximum absolute atomic E-state index is 12.6. The van der Waals surface area contributed by atoms with E-state index in [4.69, 9.17) is 16.7 Å². The third-order valence-electron chi connectivity index (χ3n) is 3.62. The van der Waals surface area contributed by atoms with E-state index >= 15 is 0 Å². The van der Waals surface area contributed by atoms with Gasteiger partial charge in [0.25, 0.3) is 0 Å². The number of sulfonamides is 1. The van der Waals surface area contributed by atoms with Crippen LogP contribution < -0.4 is 5.32 Å². The number of amides is 1. The van der Waals surface area contributed by atoms with Crippen LogP contribution in [0.1, 0.15) is 12.8 Å². The summed E-state index contributed by atoms with van der Waals surface area (Å²) in [6.45, 7) is 0.599. The van der Waals surface area contributed by atoms with Gasteiger partial charge in [-0.25, -0.2) is 8.42 Å². The Kier molecular flexibility index (Phi) is 5.80. The minimum atomic E-state index is -3.62. The summed E-state index contributed by atoms with van der Waals surface area (Å²) in [5, 5.41) is 11.8. The standard InChI is InChI=1S/C14H19ClN2O4S/c15-12-3-5-13(6-4-12)22(20,21)17-8-1-2-11(10-17)14(19)16-7-9-18/h3-6,11,18H,1-2,7-10H2,(H,16,19). The van der Waals surface area contributed by atoms with Gasteiger partial charge in [-0.2, -0.15) is 4.31 Å². The van der Waals surface area contributed by atoms with Crippen molar-refractivity contribution in [2.45, 2.75) is 17.7 Å². The molecule has 0 saturated carbocycles. The fourth-order valence-corrected chi connectivity index (χ4v) is 4.10. The van der Waals surface area contributed by atoms with Crippen LogP contribution in [0.3, 0.4) is 0 Å². The molecular formula is C14H19ClN2O4S. The number of piperidine rings is 1. The zero-order valence-corrected chi connectivity index (χ0v) is 13.6. The Bertz CT molecular complexity index is 618. The number of rotatable bonds is 5. The lowest BCUT2D eigenvalue weighted by Gasteiger charge is -2.31. The van der Waals surface area contributed by atoms with Crippen LogP contribution in [0.2, 0.25) is 5.02 Å². The Balaban J connectivity index is 2.11. The predicted molar refractivity (Wildman–Crippen MR) is 83.0 cm³/mol. The lowest BCUT2D eigenvalue weighted by atomic mass is 9.99. The molecule has 2 N–H and O–H groups in total. The number of nitrogens with zero attached hydrogens (tertiary/aromatic N) is 1. The maximum atomic E-state index is 12.6. The number of aliphatic hydroxyl groups excluding tert-OH is 1. The number of hydrogen-bond acceptors (Lipinski definition) is 4. The van der Waals surface area contributed by atoms with Crippen molar-refractivity contribution in [3.63, 3.8) is 0 Å². The van der Waals surface area contributed by atoms with E-state index in [0.29, 0.717) is 24.4 Å². The Morgan fingerprint density at radius 2 is 2.05 bits per heavy atom. The molecule has 1 atom stereocenters. The van der Waals surface area contributed by atoms with E-state index < -0.39 is 10.0 Å². The van der Waals surface area contributed by atoms with Crippen molar-refractivity contribution in [3.8, 4) is 0 Å². The van der Waals surface area contributed by atoms with Gasteiger partial charge >= 0.3 is 0 Å². The fourth-order valence-electron chi connectivity index (χ4n) is 2.45. The van der Waals surface area contributed by atoms with Gasteiger partial charge in [-0.05, 0) is 37.1 Å². The highest BCUT2D eigenvalue weighted by Gasteiger charge is 2.33. The molecule has 1 aromatic carbocycles. The molecule has 6 nitrogen and oxygen atoms in total. The van der Waals surface area contributed by atoms with Gasteiger partial charge in [0.15, 0.2) is 0 Å². The van der Waals surface area contributed by atoms with E-state index in [1.807, 2.05) is 0 Å². The number of benzene rings is 1. The van der Waals surface area contributed by atoms with Crippen molar-refractivity contribution >= 4 is 27.5 Å². The molecule has 0 aliphatic carbocycles. The second-order valence-electron chi connectivity index (χ2n) is 5.17. The molecule has 1 aliphatic heterocycles. The van der Waals surface area contributed by atoms with Crippen LogP contribution in [0.15, 0.2) is 29.2 Å². The van der Waals surface area contributed by atoms with Crippen LogP contribution in [0, 0.1) is 5.92 Å². The van der Waals surface area contributed by atoms with E-state index in [1.165, 1.54) is 28.6 Å². The summed E-state index contributed by atoms with van der Waals surface area (Å²) < 4.78 is 26.5. The van der Waals surface area contributed by atoms with Gasteiger partial charge in [-0.1, -0.05) is 11.6 Å². The molecule has 1 heterocycles. The normalized spacial score (nSPS) is 19.8. The van der Waals surface area contributed by atoms with Crippen molar-refractivity contribution < 1.29 is 18.3 Å². The number of halogens is 1. The predicted octanol–water partition coefficient (Wildman–Crippen LogP) is 0.849. The van der Waals surface area contributed by atoms with Crippen molar-refractivity contribution in [3.05, 3.63) is 29.3 Å². The second-order valence-corrected chi connectivity index (χ2v) is 7.55. The van der Waals surface area contributed by atoms with Crippen LogP contribution in [0.25, 0.3) is 0 Å². The van der Waals surface area contributed by atoms with E-state index in [-0.39, 0.29) is 36.4 Å². The summed E-state index contributed by atoms with van der Waals surface area (Å²) in [6, 6.07) is 5.99. The topological polar surface area (TPSA) is 86.7 Å². The Morgan fingerprint density at radius 1 is 1.36 bits per heavy atom. The van der Waals surface area contributed by atoms with Gasteiger partial charge in [0.2, 0.25) is 15.9 Å². The first-order valence-electron chi connectivity index (χ1n) is 7.09. The fraction of sp³-hybridized carbons (Fsp3) is 0.500. The molecular weight excluding hydrogens is 328 g/mol. The molecule has 8 heteroatoms. The molecule has 0 aromatic heterocycles. The van der Waals surface area contributed by atoms with Gasteiger partial charge in [0.1, 0.15) is 0 Å². The molecule has 22 heavy (non-hydrogen) atoms. The third kappa shape index (κ3) is 3.98. The van der Waals surface area contributed by atoms with E-state index in [0.717, 1.165) is 0 Å². The summed E-state index contributed by atoms with van der Waals surface area (Å²) in [5.74, 6) is -0.604. The summed E-state index contributed by atoms with van der Waals surface area (Å²) in [7, 11) is -3.62. The average Bonchev–Trinajstić information content (AvgIpc) is 2.53. The average molecular weight is 347 g/mol. The number of hydrogen-bond donors (Lipinski definition) is 2. The largest absolute Gasteiger partial charge is 0.395 e. The molecule has 1 unspecified atom stereocenters. The molecule has 122 valence electrons. The highest BCUT2D eigenvalue weighted by Crippen LogP contribution is 2.24.